The quantitative estimate of drug-likeness (QED) is 0.904. The maximum atomic E-state index is 9.48. The van der Waals surface area contributed by atoms with Crippen LogP contribution in [-0.4, -0.2) is 17.3 Å². The van der Waals surface area contributed by atoms with Crippen molar-refractivity contribution < 1.29 is 9.84 Å². The second kappa shape index (κ2) is 4.32. The molecule has 1 aromatic rings. The molecule has 1 rings (SSSR count). The smallest absolute Gasteiger partial charge is 0.133 e. The van der Waals surface area contributed by atoms with Crippen molar-refractivity contribution in [1.29, 1.82) is 0 Å². The van der Waals surface area contributed by atoms with E-state index in [1.165, 1.54) is 5.56 Å². The lowest BCUT2D eigenvalue weighted by Crippen LogP contribution is -2.27. The number of aliphatic hydroxyl groups is 1. The highest BCUT2D eigenvalue weighted by molar-refractivity contribution is 9.10. The lowest BCUT2D eigenvalue weighted by Gasteiger charge is -2.18. The van der Waals surface area contributed by atoms with Crippen LogP contribution in [0.3, 0.4) is 0 Å². The first-order chi connectivity index (χ1) is 6.38. The summed E-state index contributed by atoms with van der Waals surface area (Å²) in [6.45, 7) is 5.74. The zero-order chi connectivity index (χ0) is 10.8. The number of hydrogen-bond donors (Lipinski definition) is 1. The zero-order valence-electron chi connectivity index (χ0n) is 8.67. The lowest BCUT2D eigenvalue weighted by molar-refractivity contribution is 0.0282. The molecule has 0 spiro atoms. The summed E-state index contributed by atoms with van der Waals surface area (Å²) in [6.07, 6.45) is 0. The molecule has 14 heavy (non-hydrogen) atoms. The largest absolute Gasteiger partial charge is 0.489 e. The second-order valence-corrected chi connectivity index (χ2v) is 4.89. The third kappa shape index (κ3) is 3.68. The van der Waals surface area contributed by atoms with Crippen molar-refractivity contribution in [1.82, 2.24) is 0 Å². The second-order valence-electron chi connectivity index (χ2n) is 4.03. The van der Waals surface area contributed by atoms with E-state index in [4.69, 9.17) is 4.74 Å². The highest BCUT2D eigenvalue weighted by Gasteiger charge is 2.14. The van der Waals surface area contributed by atoms with E-state index in [-0.39, 0.29) is 6.61 Å². The number of halogens is 1. The third-order valence-corrected chi connectivity index (χ3v) is 2.29. The minimum Gasteiger partial charge on any atom is -0.489 e. The Morgan fingerprint density at radius 1 is 1.43 bits per heavy atom. The maximum absolute atomic E-state index is 9.48. The fourth-order valence-corrected chi connectivity index (χ4v) is 1.59. The van der Waals surface area contributed by atoms with Gasteiger partial charge < -0.3 is 9.84 Å². The first-order valence-corrected chi connectivity index (χ1v) is 5.29. The molecule has 0 heterocycles. The van der Waals surface area contributed by atoms with Crippen LogP contribution in [0.25, 0.3) is 0 Å². The van der Waals surface area contributed by atoms with E-state index in [9.17, 15) is 5.11 Å². The van der Waals surface area contributed by atoms with Gasteiger partial charge in [0.15, 0.2) is 0 Å². The summed E-state index contributed by atoms with van der Waals surface area (Å²) >= 11 is 3.41. The van der Waals surface area contributed by atoms with Gasteiger partial charge in [-0.3, -0.25) is 0 Å². The van der Waals surface area contributed by atoms with Crippen LogP contribution in [0.2, 0.25) is 0 Å². The van der Waals surface area contributed by atoms with Gasteiger partial charge in [-0.15, -0.1) is 0 Å². The number of benzene rings is 1. The molecule has 0 aliphatic heterocycles. The predicted molar refractivity (Wildman–Crippen MR) is 60.7 cm³/mol. The highest BCUT2D eigenvalue weighted by atomic mass is 79.9. The molecule has 0 unspecified atom stereocenters. The molecule has 78 valence electrons. The predicted octanol–water partition coefficient (Wildman–Crippen LogP) is 2.91. The van der Waals surface area contributed by atoms with Crippen molar-refractivity contribution in [2.75, 3.05) is 6.61 Å². The minimum atomic E-state index is -0.801. The van der Waals surface area contributed by atoms with Gasteiger partial charge in [0, 0.05) is 0 Å². The number of ether oxygens (including phenoxy) is 1. The van der Waals surface area contributed by atoms with E-state index in [0.717, 1.165) is 10.2 Å². The average Bonchev–Trinajstić information content (AvgIpc) is 2.00. The van der Waals surface area contributed by atoms with Crippen LogP contribution >= 0.6 is 15.9 Å². The summed E-state index contributed by atoms with van der Waals surface area (Å²) in [4.78, 5) is 0. The highest BCUT2D eigenvalue weighted by Crippen LogP contribution is 2.26. The molecule has 0 atom stereocenters. The topological polar surface area (TPSA) is 29.5 Å². The molecule has 0 aliphatic rings. The molecular formula is C11H15BrO2. The van der Waals surface area contributed by atoms with E-state index in [2.05, 4.69) is 15.9 Å². The molecule has 0 radical (unpaired) electrons. The van der Waals surface area contributed by atoms with Crippen molar-refractivity contribution in [3.05, 3.63) is 28.2 Å². The minimum absolute atomic E-state index is 0.286. The number of aryl methyl sites for hydroxylation is 1. The lowest BCUT2D eigenvalue weighted by atomic mass is 10.2. The van der Waals surface area contributed by atoms with Gasteiger partial charge in [-0.05, 0) is 54.4 Å². The van der Waals surface area contributed by atoms with Gasteiger partial charge in [-0.2, -0.15) is 0 Å². The molecule has 0 bridgehead atoms. The Hall–Kier alpha value is -0.540. The Labute approximate surface area is 93.0 Å². The van der Waals surface area contributed by atoms with Crippen LogP contribution in [0.15, 0.2) is 22.7 Å². The molecule has 2 nitrogen and oxygen atoms in total. The zero-order valence-corrected chi connectivity index (χ0v) is 10.3. The molecule has 0 saturated carbocycles. The van der Waals surface area contributed by atoms with Crippen molar-refractivity contribution >= 4 is 15.9 Å². The summed E-state index contributed by atoms with van der Waals surface area (Å²) in [6, 6.07) is 5.86. The molecule has 0 aromatic heterocycles. The third-order valence-electron chi connectivity index (χ3n) is 1.67. The molecule has 1 aromatic carbocycles. The molecule has 3 heteroatoms. The molecule has 1 N–H and O–H groups in total. The van der Waals surface area contributed by atoms with Crippen molar-refractivity contribution in [3.63, 3.8) is 0 Å². The van der Waals surface area contributed by atoms with E-state index in [0.29, 0.717) is 0 Å². The van der Waals surface area contributed by atoms with E-state index >= 15 is 0 Å². The summed E-state index contributed by atoms with van der Waals surface area (Å²) in [5.74, 6) is 0.762. The summed E-state index contributed by atoms with van der Waals surface area (Å²) < 4.78 is 6.38. The van der Waals surface area contributed by atoms with Crippen LogP contribution < -0.4 is 4.74 Å². The van der Waals surface area contributed by atoms with Gasteiger partial charge in [0.25, 0.3) is 0 Å². The fraction of sp³-hybridized carbons (Fsp3) is 0.455. The van der Waals surface area contributed by atoms with Gasteiger partial charge in [-0.25, -0.2) is 0 Å². The fourth-order valence-electron chi connectivity index (χ4n) is 0.977. The summed E-state index contributed by atoms with van der Waals surface area (Å²) in [5, 5.41) is 9.48. The Morgan fingerprint density at radius 3 is 2.57 bits per heavy atom. The molecule has 0 fully saturated rings. The Kier molecular flexibility index (Phi) is 3.56. The van der Waals surface area contributed by atoms with Gasteiger partial charge in [0.05, 0.1) is 10.1 Å². The van der Waals surface area contributed by atoms with Crippen LogP contribution in [0.5, 0.6) is 5.75 Å². The van der Waals surface area contributed by atoms with E-state index in [1.54, 1.807) is 13.8 Å². The number of hydrogen-bond acceptors (Lipinski definition) is 2. The SMILES string of the molecule is Cc1ccc(OCC(C)(C)O)c(Br)c1. The van der Waals surface area contributed by atoms with Gasteiger partial charge in [-0.1, -0.05) is 6.07 Å². The standard InChI is InChI=1S/C11H15BrO2/c1-8-4-5-10(9(12)6-8)14-7-11(2,3)13/h4-6,13H,7H2,1-3H3. The van der Waals surface area contributed by atoms with Crippen LogP contribution in [0.4, 0.5) is 0 Å². The van der Waals surface area contributed by atoms with Crippen molar-refractivity contribution in [3.8, 4) is 5.75 Å². The van der Waals surface area contributed by atoms with Crippen molar-refractivity contribution in [2.24, 2.45) is 0 Å². The normalized spacial score (nSPS) is 11.5. The first kappa shape index (κ1) is 11.5. The summed E-state index contributed by atoms with van der Waals surface area (Å²) in [7, 11) is 0. The Balaban J connectivity index is 2.68. The van der Waals surface area contributed by atoms with E-state index in [1.807, 2.05) is 25.1 Å². The van der Waals surface area contributed by atoms with Gasteiger partial charge in [0.1, 0.15) is 12.4 Å². The molecule has 0 amide bonds. The monoisotopic (exact) mass is 258 g/mol. The molecular weight excluding hydrogens is 244 g/mol. The Morgan fingerprint density at radius 2 is 2.07 bits per heavy atom. The van der Waals surface area contributed by atoms with Crippen LogP contribution in [0.1, 0.15) is 19.4 Å². The number of rotatable bonds is 3. The molecule has 0 saturated heterocycles. The molecule has 0 aliphatic carbocycles. The van der Waals surface area contributed by atoms with Crippen molar-refractivity contribution in [2.45, 2.75) is 26.4 Å². The van der Waals surface area contributed by atoms with E-state index < -0.39 is 5.60 Å². The maximum Gasteiger partial charge on any atom is 0.133 e. The Bertz CT molecular complexity index is 316. The summed E-state index contributed by atoms with van der Waals surface area (Å²) in [5.41, 5.74) is 0.372. The van der Waals surface area contributed by atoms with Gasteiger partial charge >= 0.3 is 0 Å². The van der Waals surface area contributed by atoms with Crippen LogP contribution in [0, 0.1) is 6.92 Å². The average molecular weight is 259 g/mol. The first-order valence-electron chi connectivity index (χ1n) is 4.50. The van der Waals surface area contributed by atoms with Gasteiger partial charge in [0.2, 0.25) is 0 Å². The van der Waals surface area contributed by atoms with Crippen LogP contribution in [-0.2, 0) is 0 Å².